The predicted octanol–water partition coefficient (Wildman–Crippen LogP) is 3.76. The fourth-order valence-corrected chi connectivity index (χ4v) is 3.57. The molecular formula is C24H24N2O6S. The quantitative estimate of drug-likeness (QED) is 0.276. The molecule has 0 bridgehead atoms. The van der Waals surface area contributed by atoms with Crippen LogP contribution in [-0.4, -0.2) is 34.3 Å². The van der Waals surface area contributed by atoms with Crippen molar-refractivity contribution in [3.05, 3.63) is 89.5 Å². The van der Waals surface area contributed by atoms with Crippen LogP contribution in [0.2, 0.25) is 0 Å². The zero-order valence-electron chi connectivity index (χ0n) is 18.2. The van der Waals surface area contributed by atoms with Gasteiger partial charge in [-0.1, -0.05) is 12.1 Å². The number of carbonyl (C=O) groups is 1. The average Bonchev–Trinajstić information content (AvgIpc) is 2.84. The molecule has 0 atom stereocenters. The van der Waals surface area contributed by atoms with E-state index < -0.39 is 10.0 Å². The molecule has 9 heteroatoms. The summed E-state index contributed by atoms with van der Waals surface area (Å²) in [6, 6.07) is 20.1. The van der Waals surface area contributed by atoms with Gasteiger partial charge in [0.1, 0.15) is 18.1 Å². The third-order valence-electron chi connectivity index (χ3n) is 4.49. The summed E-state index contributed by atoms with van der Waals surface area (Å²) in [5, 5.41) is 3.83. The average molecular weight is 469 g/mol. The number of carbonyl (C=O) groups excluding carboxylic acids is 1. The summed E-state index contributed by atoms with van der Waals surface area (Å²) in [4.78, 5) is 13.7. The van der Waals surface area contributed by atoms with Crippen molar-refractivity contribution < 1.29 is 27.4 Å². The number of hydrogen-bond acceptors (Lipinski definition) is 7. The Kier molecular flexibility index (Phi) is 8.04. The van der Waals surface area contributed by atoms with E-state index in [2.05, 4.69) is 14.7 Å². The number of benzene rings is 3. The van der Waals surface area contributed by atoms with Gasteiger partial charge in [0.25, 0.3) is 10.0 Å². The second-order valence-corrected chi connectivity index (χ2v) is 8.46. The van der Waals surface area contributed by atoms with Crippen LogP contribution in [0.5, 0.6) is 11.5 Å². The third kappa shape index (κ3) is 6.81. The molecule has 33 heavy (non-hydrogen) atoms. The van der Waals surface area contributed by atoms with Gasteiger partial charge < -0.3 is 14.2 Å². The van der Waals surface area contributed by atoms with E-state index in [0.29, 0.717) is 35.8 Å². The van der Waals surface area contributed by atoms with Gasteiger partial charge in [0.2, 0.25) is 0 Å². The van der Waals surface area contributed by atoms with Crippen molar-refractivity contribution in [2.75, 3.05) is 13.7 Å². The maximum atomic E-state index is 12.3. The van der Waals surface area contributed by atoms with Crippen LogP contribution in [-0.2, 0) is 21.4 Å². The lowest BCUT2D eigenvalue weighted by molar-refractivity contribution is 0.0600. The van der Waals surface area contributed by atoms with E-state index >= 15 is 0 Å². The Hall–Kier alpha value is -3.85. The number of esters is 1. The maximum Gasteiger partial charge on any atom is 0.337 e. The van der Waals surface area contributed by atoms with Crippen LogP contribution in [0.3, 0.4) is 0 Å². The lowest BCUT2D eigenvalue weighted by atomic mass is 10.1. The molecule has 1 N–H and O–H groups in total. The number of nitrogens with one attached hydrogen (secondary N) is 1. The van der Waals surface area contributed by atoms with E-state index in [-0.39, 0.29) is 10.9 Å². The first-order chi connectivity index (χ1) is 15.9. The van der Waals surface area contributed by atoms with Crippen LogP contribution in [0.25, 0.3) is 0 Å². The van der Waals surface area contributed by atoms with Crippen LogP contribution in [0.4, 0.5) is 0 Å². The van der Waals surface area contributed by atoms with Crippen LogP contribution < -0.4 is 14.3 Å². The van der Waals surface area contributed by atoms with Crippen LogP contribution >= 0.6 is 0 Å². The minimum atomic E-state index is -3.78. The highest BCUT2D eigenvalue weighted by molar-refractivity contribution is 7.89. The molecule has 8 nitrogen and oxygen atoms in total. The minimum Gasteiger partial charge on any atom is -0.494 e. The molecule has 0 aliphatic carbocycles. The molecule has 0 saturated heterocycles. The van der Waals surface area contributed by atoms with E-state index in [9.17, 15) is 13.2 Å². The molecular weight excluding hydrogens is 444 g/mol. The molecule has 0 aromatic heterocycles. The van der Waals surface area contributed by atoms with Crippen LogP contribution in [0.15, 0.2) is 82.8 Å². The second-order valence-electron chi connectivity index (χ2n) is 6.80. The smallest absolute Gasteiger partial charge is 0.337 e. The molecule has 3 rings (SSSR count). The highest BCUT2D eigenvalue weighted by Crippen LogP contribution is 2.16. The van der Waals surface area contributed by atoms with Crippen LogP contribution in [0, 0.1) is 0 Å². The van der Waals surface area contributed by atoms with Gasteiger partial charge in [-0.25, -0.2) is 9.63 Å². The summed E-state index contributed by atoms with van der Waals surface area (Å²) >= 11 is 0. The molecule has 3 aromatic carbocycles. The molecule has 0 radical (unpaired) electrons. The highest BCUT2D eigenvalue weighted by atomic mass is 32.2. The Labute approximate surface area is 192 Å². The SMILES string of the molecule is CCOc1ccc(S(=O)(=O)NN=Cc2ccc(OCc3ccc(C(=O)OC)cc3)cc2)cc1. The molecule has 172 valence electrons. The largest absolute Gasteiger partial charge is 0.494 e. The first-order valence-corrected chi connectivity index (χ1v) is 11.6. The molecule has 0 unspecified atom stereocenters. The molecule has 0 aliphatic rings. The summed E-state index contributed by atoms with van der Waals surface area (Å²) < 4.78 is 40.4. The Morgan fingerprint density at radius 2 is 1.52 bits per heavy atom. The number of nitrogens with zero attached hydrogens (tertiary/aromatic N) is 1. The Balaban J connectivity index is 1.52. The van der Waals surface area contributed by atoms with E-state index in [1.807, 2.05) is 6.92 Å². The number of ether oxygens (including phenoxy) is 3. The van der Waals surface area contributed by atoms with Gasteiger partial charge in [-0.15, -0.1) is 0 Å². The highest BCUT2D eigenvalue weighted by Gasteiger charge is 2.12. The zero-order chi connectivity index (χ0) is 23.7. The van der Waals surface area contributed by atoms with Crippen molar-refractivity contribution in [1.82, 2.24) is 4.83 Å². The molecule has 0 heterocycles. The van der Waals surface area contributed by atoms with Crippen molar-refractivity contribution in [2.45, 2.75) is 18.4 Å². The zero-order valence-corrected chi connectivity index (χ0v) is 19.0. The van der Waals surface area contributed by atoms with Crippen LogP contribution in [0.1, 0.15) is 28.4 Å². The van der Waals surface area contributed by atoms with Gasteiger partial charge in [0.15, 0.2) is 0 Å². The monoisotopic (exact) mass is 468 g/mol. The number of hydrazone groups is 1. The van der Waals surface area contributed by atoms with Crippen molar-refractivity contribution in [1.29, 1.82) is 0 Å². The summed E-state index contributed by atoms with van der Waals surface area (Å²) in [6.45, 7) is 2.69. The standard InChI is InChI=1S/C24H24N2O6S/c1-3-31-21-12-14-23(15-13-21)33(28,29)26-25-16-18-6-10-22(11-7-18)32-17-19-4-8-20(9-5-19)24(27)30-2/h4-16,26H,3,17H2,1-2H3. The van der Waals surface area contributed by atoms with Crippen molar-refractivity contribution >= 4 is 22.2 Å². The van der Waals surface area contributed by atoms with Gasteiger partial charge in [-0.2, -0.15) is 13.5 Å². The van der Waals surface area contributed by atoms with E-state index in [1.165, 1.54) is 25.5 Å². The molecule has 0 fully saturated rings. The fraction of sp³-hybridized carbons (Fsp3) is 0.167. The van der Waals surface area contributed by atoms with E-state index in [1.54, 1.807) is 60.7 Å². The summed E-state index contributed by atoms with van der Waals surface area (Å²) in [5.74, 6) is 0.848. The lowest BCUT2D eigenvalue weighted by Crippen LogP contribution is -2.18. The Morgan fingerprint density at radius 1 is 0.909 bits per heavy atom. The summed E-state index contributed by atoms with van der Waals surface area (Å²) in [7, 11) is -2.44. The second kappa shape index (κ2) is 11.1. The third-order valence-corrected chi connectivity index (χ3v) is 5.73. The number of methoxy groups -OCH3 is 1. The Morgan fingerprint density at radius 3 is 2.12 bits per heavy atom. The Bertz CT molecular complexity index is 1190. The van der Waals surface area contributed by atoms with Gasteiger partial charge in [0.05, 0.1) is 30.4 Å². The van der Waals surface area contributed by atoms with Gasteiger partial charge in [-0.3, -0.25) is 0 Å². The fourth-order valence-electron chi connectivity index (χ4n) is 2.78. The van der Waals surface area contributed by atoms with Crippen molar-refractivity contribution in [2.24, 2.45) is 5.10 Å². The first kappa shape index (κ1) is 23.8. The summed E-state index contributed by atoms with van der Waals surface area (Å²) in [5.41, 5.74) is 2.07. The first-order valence-electron chi connectivity index (χ1n) is 10.1. The molecule has 0 aliphatic heterocycles. The number of sulfonamides is 1. The molecule has 0 saturated carbocycles. The van der Waals surface area contributed by atoms with Crippen molar-refractivity contribution in [3.63, 3.8) is 0 Å². The summed E-state index contributed by atoms with van der Waals surface area (Å²) in [6.07, 6.45) is 1.40. The molecule has 0 spiro atoms. The van der Waals surface area contributed by atoms with Gasteiger partial charge in [0, 0.05) is 0 Å². The number of hydrogen-bond donors (Lipinski definition) is 1. The number of rotatable bonds is 10. The van der Waals surface area contributed by atoms with E-state index in [4.69, 9.17) is 9.47 Å². The molecule has 3 aromatic rings. The lowest BCUT2D eigenvalue weighted by Gasteiger charge is -2.07. The van der Waals surface area contributed by atoms with Crippen molar-refractivity contribution in [3.8, 4) is 11.5 Å². The normalized spacial score (nSPS) is 11.2. The maximum absolute atomic E-state index is 12.3. The van der Waals surface area contributed by atoms with E-state index in [0.717, 1.165) is 5.56 Å². The minimum absolute atomic E-state index is 0.0893. The van der Waals surface area contributed by atoms with Gasteiger partial charge >= 0.3 is 5.97 Å². The topological polar surface area (TPSA) is 103 Å². The van der Waals surface area contributed by atoms with Gasteiger partial charge in [-0.05, 0) is 78.7 Å². The predicted molar refractivity (Wildman–Crippen MR) is 124 cm³/mol. The molecule has 0 amide bonds.